The highest BCUT2D eigenvalue weighted by atomic mass is 15.2. The van der Waals surface area contributed by atoms with Crippen LogP contribution < -0.4 is 0 Å². The third-order valence-electron chi connectivity index (χ3n) is 2.84. The zero-order valence-corrected chi connectivity index (χ0v) is 14.3. The van der Waals surface area contributed by atoms with Crippen LogP contribution in [0.1, 0.15) is 33.6 Å². The Hall–Kier alpha value is -2.28. The molecule has 0 saturated heterocycles. The van der Waals surface area contributed by atoms with Crippen molar-refractivity contribution >= 4 is 0 Å². The van der Waals surface area contributed by atoms with Crippen molar-refractivity contribution in [1.82, 2.24) is 4.90 Å². The monoisotopic (exact) mass is 295 g/mol. The van der Waals surface area contributed by atoms with E-state index in [0.717, 1.165) is 29.9 Å². The first-order chi connectivity index (χ1) is 10.7. The lowest BCUT2D eigenvalue weighted by molar-refractivity contribution is 0.574. The van der Waals surface area contributed by atoms with E-state index in [1.165, 1.54) is 0 Å². The minimum Gasteiger partial charge on any atom is -0.311 e. The van der Waals surface area contributed by atoms with E-state index in [9.17, 15) is 0 Å². The molecule has 0 amide bonds. The highest BCUT2D eigenvalue weighted by molar-refractivity contribution is 5.39. The smallest absolute Gasteiger partial charge is 0.0457 e. The summed E-state index contributed by atoms with van der Waals surface area (Å²) in [5.74, 6) is 0. The molecule has 0 bridgehead atoms. The molecule has 22 heavy (non-hydrogen) atoms. The Bertz CT molecular complexity index is 510. The van der Waals surface area contributed by atoms with E-state index in [-0.39, 0.29) is 0 Å². The van der Waals surface area contributed by atoms with Crippen molar-refractivity contribution in [3.8, 4) is 0 Å². The molecule has 0 spiro atoms. The summed E-state index contributed by atoms with van der Waals surface area (Å²) in [5, 5.41) is 0. The van der Waals surface area contributed by atoms with Crippen LogP contribution in [0.5, 0.6) is 0 Å². The largest absolute Gasteiger partial charge is 0.311 e. The Morgan fingerprint density at radius 2 is 1.50 bits per heavy atom. The second-order valence-electron chi connectivity index (χ2n) is 4.54. The number of nitrogens with zero attached hydrogens (tertiary/aromatic N) is 1. The number of hydrogen-bond donors (Lipinski definition) is 0. The Morgan fingerprint density at radius 3 is 1.95 bits per heavy atom. The Kier molecular flexibility index (Phi) is 11.2. The summed E-state index contributed by atoms with van der Waals surface area (Å²) < 4.78 is 0. The molecule has 0 aromatic carbocycles. The second-order valence-corrected chi connectivity index (χ2v) is 4.54. The van der Waals surface area contributed by atoms with Crippen LogP contribution in [0.3, 0.4) is 0 Å². The molecule has 1 nitrogen and oxygen atoms in total. The van der Waals surface area contributed by atoms with Crippen molar-refractivity contribution < 1.29 is 0 Å². The zero-order valence-electron chi connectivity index (χ0n) is 14.3. The van der Waals surface area contributed by atoms with Crippen molar-refractivity contribution in [2.45, 2.75) is 33.6 Å². The third kappa shape index (κ3) is 6.45. The van der Waals surface area contributed by atoms with Gasteiger partial charge in [0.05, 0.1) is 0 Å². The van der Waals surface area contributed by atoms with Crippen molar-refractivity contribution in [3.63, 3.8) is 0 Å². The van der Waals surface area contributed by atoms with E-state index < -0.39 is 0 Å². The fourth-order valence-electron chi connectivity index (χ4n) is 1.98. The summed E-state index contributed by atoms with van der Waals surface area (Å²) >= 11 is 0. The van der Waals surface area contributed by atoms with E-state index in [0.29, 0.717) is 0 Å². The normalized spacial score (nSPS) is 13.7. The lowest BCUT2D eigenvalue weighted by Gasteiger charge is -2.28. The minimum absolute atomic E-state index is 0.954. The average Bonchev–Trinajstić information content (AvgIpc) is 2.52. The predicted molar refractivity (Wildman–Crippen MR) is 101 cm³/mol. The molecule has 1 heteroatoms. The van der Waals surface area contributed by atoms with Gasteiger partial charge in [0.15, 0.2) is 0 Å². The lowest BCUT2D eigenvalue weighted by atomic mass is 10.1. The minimum atomic E-state index is 0.954. The van der Waals surface area contributed by atoms with E-state index >= 15 is 0 Å². The van der Waals surface area contributed by atoms with Crippen molar-refractivity contribution in [2.75, 3.05) is 0 Å². The fourth-order valence-corrected chi connectivity index (χ4v) is 1.98. The molecule has 0 heterocycles. The molecule has 0 aliphatic rings. The maximum atomic E-state index is 3.94. The first-order valence-electron chi connectivity index (χ1n) is 7.77. The molecule has 118 valence electrons. The molecule has 0 unspecified atom stereocenters. The molecule has 0 aromatic heterocycles. The standard InChI is InChI=1S/C21H29N/c1-7-13-18-21(17-11-5)22(19(12-6)14-8-2)20(15-9-3)16-10-4/h8-10,12-18H,2-3,6-7,11H2,1,4-5H3/b16-10-,18-13-,19-14+,20-15+,21-17+. The van der Waals surface area contributed by atoms with E-state index in [1.54, 1.807) is 12.2 Å². The maximum absolute atomic E-state index is 3.94. The molecule has 0 radical (unpaired) electrons. The van der Waals surface area contributed by atoms with Crippen LogP contribution >= 0.6 is 0 Å². The zero-order chi connectivity index (χ0) is 16.8. The molecular formula is C21H29N. The van der Waals surface area contributed by atoms with Crippen molar-refractivity contribution in [3.05, 3.63) is 97.6 Å². The Balaban J connectivity index is 6.22. The third-order valence-corrected chi connectivity index (χ3v) is 2.84. The van der Waals surface area contributed by atoms with Crippen molar-refractivity contribution in [1.29, 1.82) is 0 Å². The van der Waals surface area contributed by atoms with Gasteiger partial charge in [-0.05, 0) is 50.1 Å². The summed E-state index contributed by atoms with van der Waals surface area (Å²) in [7, 11) is 0. The Morgan fingerprint density at radius 1 is 0.864 bits per heavy atom. The van der Waals surface area contributed by atoms with Gasteiger partial charge in [-0.15, -0.1) is 0 Å². The van der Waals surface area contributed by atoms with Crippen LogP contribution in [0.2, 0.25) is 0 Å². The van der Waals surface area contributed by atoms with Gasteiger partial charge in [0.1, 0.15) is 0 Å². The van der Waals surface area contributed by atoms with Gasteiger partial charge in [-0.3, -0.25) is 0 Å². The van der Waals surface area contributed by atoms with Gasteiger partial charge >= 0.3 is 0 Å². The summed E-state index contributed by atoms with van der Waals surface area (Å²) in [6, 6.07) is 0. The van der Waals surface area contributed by atoms with Crippen LogP contribution in [0.4, 0.5) is 0 Å². The molecule has 0 aliphatic carbocycles. The van der Waals surface area contributed by atoms with Crippen LogP contribution in [0.25, 0.3) is 0 Å². The molecule has 0 aromatic rings. The van der Waals surface area contributed by atoms with Crippen molar-refractivity contribution in [2.24, 2.45) is 0 Å². The average molecular weight is 295 g/mol. The summed E-state index contributed by atoms with van der Waals surface area (Å²) in [6.07, 6.45) is 21.9. The number of hydrogen-bond acceptors (Lipinski definition) is 1. The first kappa shape index (κ1) is 19.7. The predicted octanol–water partition coefficient (Wildman–Crippen LogP) is 6.45. The summed E-state index contributed by atoms with van der Waals surface area (Å²) in [4.78, 5) is 2.16. The topological polar surface area (TPSA) is 3.24 Å². The van der Waals surface area contributed by atoms with Crippen LogP contribution in [0.15, 0.2) is 97.6 Å². The fraction of sp³-hybridized carbons (Fsp3) is 0.238. The van der Waals surface area contributed by atoms with Gasteiger partial charge in [0.25, 0.3) is 0 Å². The van der Waals surface area contributed by atoms with Gasteiger partial charge in [0.2, 0.25) is 0 Å². The maximum Gasteiger partial charge on any atom is 0.0457 e. The lowest BCUT2D eigenvalue weighted by Crippen LogP contribution is -2.19. The SMILES string of the molecule is C=C/C=C(\C=C)N(C(/C=C\C)=C/C=C)C(/C=C\CC)=C/CC. The van der Waals surface area contributed by atoms with Gasteiger partial charge in [-0.25, -0.2) is 0 Å². The van der Waals surface area contributed by atoms with Crippen LogP contribution in [-0.2, 0) is 0 Å². The molecule has 0 fully saturated rings. The van der Waals surface area contributed by atoms with E-state index in [1.807, 2.05) is 31.2 Å². The highest BCUT2D eigenvalue weighted by Crippen LogP contribution is 2.24. The number of rotatable bonds is 10. The molecule has 0 N–H and O–H groups in total. The van der Waals surface area contributed by atoms with Gasteiger partial charge in [0, 0.05) is 17.1 Å². The number of allylic oxidation sites excluding steroid dienone is 10. The molecular weight excluding hydrogens is 266 g/mol. The van der Waals surface area contributed by atoms with Crippen LogP contribution in [0, 0.1) is 0 Å². The molecule has 0 saturated carbocycles. The van der Waals surface area contributed by atoms with E-state index in [4.69, 9.17) is 0 Å². The molecule has 0 atom stereocenters. The quantitative estimate of drug-likeness (QED) is 0.418. The summed E-state index contributed by atoms with van der Waals surface area (Å²) in [6.45, 7) is 17.8. The highest BCUT2D eigenvalue weighted by Gasteiger charge is 2.13. The van der Waals surface area contributed by atoms with Gasteiger partial charge in [-0.1, -0.05) is 64.0 Å². The van der Waals surface area contributed by atoms with Gasteiger partial charge < -0.3 is 4.90 Å². The summed E-state index contributed by atoms with van der Waals surface area (Å²) in [5.41, 5.74) is 3.12. The van der Waals surface area contributed by atoms with Crippen LogP contribution in [-0.4, -0.2) is 4.90 Å². The molecule has 0 rings (SSSR count). The second kappa shape index (κ2) is 12.5. The first-order valence-corrected chi connectivity index (χ1v) is 7.77. The van der Waals surface area contributed by atoms with E-state index in [2.05, 4.69) is 62.8 Å². The van der Waals surface area contributed by atoms with Gasteiger partial charge in [-0.2, -0.15) is 0 Å². The molecule has 0 aliphatic heterocycles. The Labute approximate surface area is 136 Å².